The van der Waals surface area contributed by atoms with Crippen molar-refractivity contribution in [2.24, 2.45) is 7.05 Å². The van der Waals surface area contributed by atoms with Crippen LogP contribution in [0.1, 0.15) is 46.2 Å². The molecule has 4 rings (SSSR count). The van der Waals surface area contributed by atoms with Gasteiger partial charge in [-0.15, -0.1) is 10.2 Å². The number of aromatic nitrogens is 3. The Morgan fingerprint density at radius 3 is 2.64 bits per heavy atom. The molecular weight excluding hydrogens is 458 g/mol. The zero-order chi connectivity index (χ0) is 23.5. The van der Waals surface area contributed by atoms with Crippen LogP contribution in [-0.2, 0) is 11.8 Å². The van der Waals surface area contributed by atoms with Crippen molar-refractivity contribution in [1.82, 2.24) is 19.7 Å². The standard InChI is InChI=1S/C24H26ClN5O2S/c1-15-6-8-17(9-7-15)23(32)30-12-4-5-20(30)22-27-28-24(29(22)3)33-14-21(31)26-19-11-10-18(25)13-16(19)2/h6-11,13,20H,4-5,12,14H2,1-3H3,(H,26,31). The van der Waals surface area contributed by atoms with E-state index in [9.17, 15) is 9.59 Å². The molecule has 1 N–H and O–H groups in total. The maximum atomic E-state index is 13.1. The lowest BCUT2D eigenvalue weighted by molar-refractivity contribution is -0.113. The lowest BCUT2D eigenvalue weighted by atomic mass is 10.1. The smallest absolute Gasteiger partial charge is 0.254 e. The van der Waals surface area contributed by atoms with Crippen molar-refractivity contribution in [2.75, 3.05) is 17.6 Å². The van der Waals surface area contributed by atoms with Crippen LogP contribution < -0.4 is 5.32 Å². The minimum absolute atomic E-state index is 0.00687. The third kappa shape index (κ3) is 5.23. The first-order chi connectivity index (χ1) is 15.8. The number of hydrogen-bond donors (Lipinski definition) is 1. The highest BCUT2D eigenvalue weighted by molar-refractivity contribution is 7.99. The van der Waals surface area contributed by atoms with Crippen LogP contribution in [0.15, 0.2) is 47.6 Å². The highest BCUT2D eigenvalue weighted by Crippen LogP contribution is 2.33. The summed E-state index contributed by atoms with van der Waals surface area (Å²) >= 11 is 7.30. The van der Waals surface area contributed by atoms with E-state index in [1.165, 1.54) is 11.8 Å². The van der Waals surface area contributed by atoms with Gasteiger partial charge in [0.2, 0.25) is 5.91 Å². The van der Waals surface area contributed by atoms with E-state index >= 15 is 0 Å². The van der Waals surface area contributed by atoms with E-state index < -0.39 is 0 Å². The second kappa shape index (κ2) is 9.97. The van der Waals surface area contributed by atoms with Crippen molar-refractivity contribution in [1.29, 1.82) is 0 Å². The van der Waals surface area contributed by atoms with Crippen molar-refractivity contribution in [3.63, 3.8) is 0 Å². The number of nitrogens with one attached hydrogen (secondary N) is 1. The van der Waals surface area contributed by atoms with Crippen molar-refractivity contribution >= 4 is 40.9 Å². The van der Waals surface area contributed by atoms with E-state index in [0.29, 0.717) is 22.3 Å². The molecule has 0 saturated carbocycles. The summed E-state index contributed by atoms with van der Waals surface area (Å²) in [5.74, 6) is 0.814. The van der Waals surface area contributed by atoms with Crippen molar-refractivity contribution in [3.8, 4) is 0 Å². The zero-order valence-corrected chi connectivity index (χ0v) is 20.4. The molecule has 1 saturated heterocycles. The normalized spacial score (nSPS) is 15.6. The maximum absolute atomic E-state index is 13.1. The number of halogens is 1. The third-order valence-electron chi connectivity index (χ3n) is 5.77. The first-order valence-corrected chi connectivity index (χ1v) is 12.2. The van der Waals surface area contributed by atoms with E-state index in [2.05, 4.69) is 15.5 Å². The summed E-state index contributed by atoms with van der Waals surface area (Å²) in [4.78, 5) is 27.4. The summed E-state index contributed by atoms with van der Waals surface area (Å²) in [5, 5.41) is 12.8. The second-order valence-electron chi connectivity index (χ2n) is 8.22. The number of aryl methyl sites for hydroxylation is 2. The molecule has 1 unspecified atom stereocenters. The first-order valence-electron chi connectivity index (χ1n) is 10.8. The largest absolute Gasteiger partial charge is 0.328 e. The van der Waals surface area contributed by atoms with Gasteiger partial charge in [-0.05, 0) is 62.6 Å². The number of carbonyl (C=O) groups excluding carboxylic acids is 2. The first kappa shape index (κ1) is 23.3. The quantitative estimate of drug-likeness (QED) is 0.510. The summed E-state index contributed by atoms with van der Waals surface area (Å²) in [7, 11) is 1.88. The van der Waals surface area contributed by atoms with Crippen molar-refractivity contribution < 1.29 is 9.59 Å². The van der Waals surface area contributed by atoms with Gasteiger partial charge in [0.15, 0.2) is 11.0 Å². The molecule has 2 aromatic carbocycles. The fraction of sp³-hybridized carbons (Fsp3) is 0.333. The lowest BCUT2D eigenvalue weighted by Gasteiger charge is -2.24. The highest BCUT2D eigenvalue weighted by atomic mass is 35.5. The maximum Gasteiger partial charge on any atom is 0.254 e. The lowest BCUT2D eigenvalue weighted by Crippen LogP contribution is -2.31. The number of nitrogens with zero attached hydrogens (tertiary/aromatic N) is 4. The number of rotatable bonds is 6. The van der Waals surface area contributed by atoms with Gasteiger partial charge in [-0.2, -0.15) is 0 Å². The van der Waals surface area contributed by atoms with Crippen LogP contribution in [0.2, 0.25) is 5.02 Å². The van der Waals surface area contributed by atoms with Crippen LogP contribution in [0.4, 0.5) is 5.69 Å². The molecule has 0 spiro atoms. The number of thioether (sulfide) groups is 1. The summed E-state index contributed by atoms with van der Waals surface area (Å²) in [6.45, 7) is 4.59. The molecule has 9 heteroatoms. The average molecular weight is 484 g/mol. The summed E-state index contributed by atoms with van der Waals surface area (Å²) in [6.07, 6.45) is 1.75. The molecule has 0 aliphatic carbocycles. The number of carbonyl (C=O) groups is 2. The highest BCUT2D eigenvalue weighted by Gasteiger charge is 2.34. The Labute approximate surface area is 202 Å². The Hall–Kier alpha value is -2.84. The van der Waals surface area contributed by atoms with Crippen LogP contribution >= 0.6 is 23.4 Å². The van der Waals surface area contributed by atoms with Gasteiger partial charge in [0, 0.05) is 29.9 Å². The summed E-state index contributed by atoms with van der Waals surface area (Å²) in [6, 6.07) is 12.9. The van der Waals surface area contributed by atoms with Gasteiger partial charge >= 0.3 is 0 Å². The van der Waals surface area contributed by atoms with E-state index in [1.54, 1.807) is 12.1 Å². The topological polar surface area (TPSA) is 80.1 Å². The minimum atomic E-state index is -0.132. The molecule has 3 aromatic rings. The second-order valence-corrected chi connectivity index (χ2v) is 9.60. The van der Waals surface area contributed by atoms with Gasteiger partial charge in [-0.25, -0.2) is 0 Å². The van der Waals surface area contributed by atoms with Crippen LogP contribution in [0, 0.1) is 13.8 Å². The molecule has 2 heterocycles. The SMILES string of the molecule is Cc1ccc(C(=O)N2CCCC2c2nnc(SCC(=O)Nc3ccc(Cl)cc3C)n2C)cc1. The number of likely N-dealkylation sites (tertiary alicyclic amines) is 1. The van der Waals surface area contributed by atoms with Gasteiger partial charge < -0.3 is 14.8 Å². The molecule has 1 aliphatic heterocycles. The molecule has 2 amide bonds. The van der Waals surface area contributed by atoms with Crippen LogP contribution in [0.5, 0.6) is 0 Å². The Morgan fingerprint density at radius 1 is 1.15 bits per heavy atom. The van der Waals surface area contributed by atoms with Crippen LogP contribution in [0.3, 0.4) is 0 Å². The number of benzene rings is 2. The van der Waals surface area contributed by atoms with Gasteiger partial charge in [0.1, 0.15) is 0 Å². The predicted molar refractivity (Wildman–Crippen MR) is 131 cm³/mol. The Morgan fingerprint density at radius 2 is 1.91 bits per heavy atom. The monoisotopic (exact) mass is 483 g/mol. The van der Waals surface area contributed by atoms with Gasteiger partial charge in [0.05, 0.1) is 11.8 Å². The predicted octanol–water partition coefficient (Wildman–Crippen LogP) is 4.79. The fourth-order valence-corrected chi connectivity index (χ4v) is 4.91. The number of anilines is 1. The zero-order valence-electron chi connectivity index (χ0n) is 18.8. The molecule has 172 valence electrons. The van der Waals surface area contributed by atoms with Crippen LogP contribution in [0.25, 0.3) is 0 Å². The molecule has 1 aromatic heterocycles. The molecule has 7 nitrogen and oxygen atoms in total. The Balaban J connectivity index is 1.42. The van der Waals surface area contributed by atoms with E-state index in [0.717, 1.165) is 35.5 Å². The van der Waals surface area contributed by atoms with Crippen LogP contribution in [-0.4, -0.2) is 43.8 Å². The minimum Gasteiger partial charge on any atom is -0.328 e. The molecule has 1 fully saturated rings. The Bertz CT molecular complexity index is 1180. The molecule has 0 bridgehead atoms. The van der Waals surface area contributed by atoms with Gasteiger partial charge in [-0.3, -0.25) is 9.59 Å². The third-order valence-corrected chi connectivity index (χ3v) is 7.03. The van der Waals surface area contributed by atoms with Crippen molar-refractivity contribution in [3.05, 3.63) is 70.0 Å². The summed E-state index contributed by atoms with van der Waals surface area (Å²) in [5.41, 5.74) is 3.44. The van der Waals surface area contributed by atoms with Gasteiger partial charge in [0.25, 0.3) is 5.91 Å². The molecule has 1 atom stereocenters. The average Bonchev–Trinajstić information content (AvgIpc) is 3.41. The molecule has 1 aliphatic rings. The van der Waals surface area contributed by atoms with E-state index in [1.807, 2.05) is 60.7 Å². The van der Waals surface area contributed by atoms with Gasteiger partial charge in [-0.1, -0.05) is 41.1 Å². The van der Waals surface area contributed by atoms with Crippen molar-refractivity contribution in [2.45, 2.75) is 37.9 Å². The molecule has 33 heavy (non-hydrogen) atoms. The van der Waals surface area contributed by atoms with E-state index in [-0.39, 0.29) is 23.6 Å². The number of amides is 2. The fourth-order valence-electron chi connectivity index (χ4n) is 3.97. The summed E-state index contributed by atoms with van der Waals surface area (Å²) < 4.78 is 1.89. The number of hydrogen-bond acceptors (Lipinski definition) is 5. The van der Waals surface area contributed by atoms with E-state index in [4.69, 9.17) is 11.6 Å². The molecule has 0 radical (unpaired) electrons. The Kier molecular flexibility index (Phi) is 7.05. The molecular formula is C24H26ClN5O2S.